The quantitative estimate of drug-likeness (QED) is 0.656. The molecule has 144 valence electrons. The molecule has 28 heavy (non-hydrogen) atoms. The normalized spacial score (nSPS) is 16.4. The van der Waals surface area contributed by atoms with E-state index in [9.17, 15) is 9.59 Å². The molecule has 0 fully saturated rings. The summed E-state index contributed by atoms with van der Waals surface area (Å²) < 4.78 is 0. The summed E-state index contributed by atoms with van der Waals surface area (Å²) in [5.41, 5.74) is 2.67. The van der Waals surface area contributed by atoms with Gasteiger partial charge in [0.05, 0.1) is 12.6 Å². The molecule has 0 spiro atoms. The number of nitrogens with one attached hydrogen (secondary N) is 2. The predicted octanol–water partition coefficient (Wildman–Crippen LogP) is 4.35. The Balaban J connectivity index is 1.49. The van der Waals surface area contributed by atoms with Crippen LogP contribution < -0.4 is 10.6 Å². The molecule has 3 heterocycles. The predicted molar refractivity (Wildman–Crippen MR) is 115 cm³/mol. The van der Waals surface area contributed by atoms with E-state index in [0.29, 0.717) is 17.9 Å². The highest BCUT2D eigenvalue weighted by Crippen LogP contribution is 2.39. The molecule has 2 amide bonds. The zero-order valence-corrected chi connectivity index (χ0v) is 17.1. The van der Waals surface area contributed by atoms with Gasteiger partial charge in [-0.25, -0.2) is 0 Å². The van der Waals surface area contributed by atoms with Crippen LogP contribution in [0.15, 0.2) is 53.2 Å². The van der Waals surface area contributed by atoms with Gasteiger partial charge in [-0.15, -0.1) is 22.7 Å². The van der Waals surface area contributed by atoms with Crippen LogP contribution in [0.1, 0.15) is 28.3 Å². The van der Waals surface area contributed by atoms with E-state index < -0.39 is 0 Å². The van der Waals surface area contributed by atoms with Gasteiger partial charge in [0.15, 0.2) is 0 Å². The standard InChI is InChI=1S/C21H21N3O2S2/c1-14(25)22-15-4-2-5-16(12-15)23-20(26)13-24-9-7-18-17(8-11-28-18)21(24)19-6-3-10-27-19/h2-6,8,10-12,21H,7,9,13H2,1H3,(H,22,25)(H,23,26)/t21-/m0/s1. The van der Waals surface area contributed by atoms with Crippen molar-refractivity contribution in [1.82, 2.24) is 4.90 Å². The van der Waals surface area contributed by atoms with Crippen LogP contribution in [0.4, 0.5) is 11.4 Å². The zero-order valence-electron chi connectivity index (χ0n) is 15.5. The molecule has 0 bridgehead atoms. The Morgan fingerprint density at radius 2 is 1.89 bits per heavy atom. The number of rotatable bonds is 5. The van der Waals surface area contributed by atoms with Gasteiger partial charge in [0.2, 0.25) is 11.8 Å². The minimum Gasteiger partial charge on any atom is -0.326 e. The Morgan fingerprint density at radius 1 is 1.07 bits per heavy atom. The molecule has 0 radical (unpaired) electrons. The first-order valence-corrected chi connectivity index (χ1v) is 10.9. The Labute approximate surface area is 172 Å². The van der Waals surface area contributed by atoms with Gasteiger partial charge in [0, 0.05) is 34.6 Å². The van der Waals surface area contributed by atoms with E-state index in [0.717, 1.165) is 13.0 Å². The molecule has 5 nitrogen and oxygen atoms in total. The number of carbonyl (C=O) groups excluding carboxylic acids is 2. The summed E-state index contributed by atoms with van der Waals surface area (Å²) in [4.78, 5) is 28.9. The maximum absolute atomic E-state index is 12.7. The van der Waals surface area contributed by atoms with Crippen molar-refractivity contribution in [2.75, 3.05) is 23.7 Å². The first kappa shape index (κ1) is 18.9. The summed E-state index contributed by atoms with van der Waals surface area (Å²) in [7, 11) is 0. The van der Waals surface area contributed by atoms with Gasteiger partial charge in [0.25, 0.3) is 0 Å². The second-order valence-corrected chi connectivity index (χ2v) is 8.73. The third-order valence-electron chi connectivity index (χ3n) is 4.69. The molecule has 2 N–H and O–H groups in total. The van der Waals surface area contributed by atoms with Crippen molar-refractivity contribution in [2.45, 2.75) is 19.4 Å². The van der Waals surface area contributed by atoms with Crippen molar-refractivity contribution < 1.29 is 9.59 Å². The smallest absolute Gasteiger partial charge is 0.238 e. The number of carbonyl (C=O) groups is 2. The third-order valence-corrected chi connectivity index (χ3v) is 6.61. The van der Waals surface area contributed by atoms with Crippen LogP contribution in [0.2, 0.25) is 0 Å². The number of hydrogen-bond donors (Lipinski definition) is 2. The lowest BCUT2D eigenvalue weighted by Crippen LogP contribution is -2.40. The molecule has 1 atom stereocenters. The van der Waals surface area contributed by atoms with E-state index in [1.165, 1.54) is 22.2 Å². The Kier molecular flexibility index (Phi) is 5.57. The molecule has 1 aliphatic rings. The molecule has 3 aromatic rings. The van der Waals surface area contributed by atoms with Crippen molar-refractivity contribution >= 4 is 45.9 Å². The number of fused-ring (bicyclic) bond motifs is 1. The number of nitrogens with zero attached hydrogens (tertiary/aromatic N) is 1. The monoisotopic (exact) mass is 411 g/mol. The first-order valence-electron chi connectivity index (χ1n) is 9.11. The topological polar surface area (TPSA) is 61.4 Å². The molecule has 1 aliphatic heterocycles. The Morgan fingerprint density at radius 3 is 2.64 bits per heavy atom. The maximum atomic E-state index is 12.7. The fourth-order valence-electron chi connectivity index (χ4n) is 3.58. The van der Waals surface area contributed by atoms with E-state index >= 15 is 0 Å². The largest absolute Gasteiger partial charge is 0.326 e. The van der Waals surface area contributed by atoms with E-state index in [-0.39, 0.29) is 17.9 Å². The number of anilines is 2. The van der Waals surface area contributed by atoms with Crippen LogP contribution in [0.25, 0.3) is 0 Å². The van der Waals surface area contributed by atoms with Crippen LogP contribution in [0, 0.1) is 0 Å². The summed E-state index contributed by atoms with van der Waals surface area (Å²) in [6.07, 6.45) is 0.972. The minimum atomic E-state index is -0.137. The highest BCUT2D eigenvalue weighted by molar-refractivity contribution is 7.10. The number of benzene rings is 1. The lowest BCUT2D eigenvalue weighted by molar-refractivity contribution is -0.117. The number of amides is 2. The van der Waals surface area contributed by atoms with Crippen molar-refractivity contribution in [3.8, 4) is 0 Å². The molecule has 1 aromatic carbocycles. The van der Waals surface area contributed by atoms with Gasteiger partial charge in [0.1, 0.15) is 0 Å². The van der Waals surface area contributed by atoms with Crippen LogP contribution in [0.5, 0.6) is 0 Å². The van der Waals surface area contributed by atoms with Gasteiger partial charge in [-0.2, -0.15) is 0 Å². The van der Waals surface area contributed by atoms with Gasteiger partial charge in [-0.1, -0.05) is 12.1 Å². The number of hydrogen-bond acceptors (Lipinski definition) is 5. The molecule has 0 unspecified atom stereocenters. The highest BCUT2D eigenvalue weighted by atomic mass is 32.1. The van der Waals surface area contributed by atoms with Gasteiger partial charge >= 0.3 is 0 Å². The Bertz CT molecular complexity index is 981. The molecule has 4 rings (SSSR count). The van der Waals surface area contributed by atoms with Crippen molar-refractivity contribution in [3.05, 3.63) is 68.5 Å². The van der Waals surface area contributed by atoms with Gasteiger partial charge < -0.3 is 10.6 Å². The maximum Gasteiger partial charge on any atom is 0.238 e. The van der Waals surface area contributed by atoms with Gasteiger partial charge in [-0.05, 0) is 53.1 Å². The summed E-state index contributed by atoms with van der Waals surface area (Å²) in [6, 6.07) is 13.7. The molecule has 0 saturated carbocycles. The van der Waals surface area contributed by atoms with E-state index in [1.807, 2.05) is 12.1 Å². The average molecular weight is 412 g/mol. The average Bonchev–Trinajstić information content (AvgIpc) is 3.33. The molecular weight excluding hydrogens is 390 g/mol. The van der Waals surface area contributed by atoms with E-state index in [4.69, 9.17) is 0 Å². The van der Waals surface area contributed by atoms with Crippen molar-refractivity contribution in [2.24, 2.45) is 0 Å². The minimum absolute atomic E-state index is 0.0554. The Hall–Kier alpha value is -2.48. The van der Waals surface area contributed by atoms with Crippen molar-refractivity contribution in [1.29, 1.82) is 0 Å². The fraction of sp³-hybridized carbons (Fsp3) is 0.238. The number of thiophene rings is 2. The molecule has 0 aliphatic carbocycles. The molecular formula is C21H21N3O2S2. The molecule has 0 saturated heterocycles. The summed E-state index contributed by atoms with van der Waals surface area (Å²) >= 11 is 3.53. The van der Waals surface area contributed by atoms with Crippen LogP contribution >= 0.6 is 22.7 Å². The lowest BCUT2D eigenvalue weighted by atomic mass is 9.98. The highest BCUT2D eigenvalue weighted by Gasteiger charge is 2.31. The lowest BCUT2D eigenvalue weighted by Gasteiger charge is -2.34. The molecule has 7 heteroatoms. The van der Waals surface area contributed by atoms with Crippen LogP contribution in [-0.4, -0.2) is 29.8 Å². The van der Waals surface area contributed by atoms with E-state index in [2.05, 4.69) is 44.5 Å². The second kappa shape index (κ2) is 8.26. The van der Waals surface area contributed by atoms with Gasteiger partial charge in [-0.3, -0.25) is 14.5 Å². The molecule has 2 aromatic heterocycles. The third kappa shape index (κ3) is 4.16. The van der Waals surface area contributed by atoms with Crippen LogP contribution in [0.3, 0.4) is 0 Å². The zero-order chi connectivity index (χ0) is 19.5. The first-order chi connectivity index (χ1) is 13.6. The summed E-state index contributed by atoms with van der Waals surface area (Å²) in [6.45, 7) is 2.64. The second-order valence-electron chi connectivity index (χ2n) is 6.75. The summed E-state index contributed by atoms with van der Waals surface area (Å²) in [5.74, 6) is -0.192. The van der Waals surface area contributed by atoms with Crippen molar-refractivity contribution in [3.63, 3.8) is 0 Å². The fourth-order valence-corrected chi connectivity index (χ4v) is 5.36. The summed E-state index contributed by atoms with van der Waals surface area (Å²) in [5, 5.41) is 9.92. The van der Waals surface area contributed by atoms with E-state index in [1.54, 1.807) is 34.8 Å². The SMILES string of the molecule is CC(=O)Nc1cccc(NC(=O)CN2CCc3sccc3[C@H]2c2cccs2)c1. The van der Waals surface area contributed by atoms with Crippen LogP contribution in [-0.2, 0) is 16.0 Å².